The summed E-state index contributed by atoms with van der Waals surface area (Å²) < 4.78 is 0. The van der Waals surface area contributed by atoms with Crippen LogP contribution in [0.15, 0.2) is 12.4 Å². The van der Waals surface area contributed by atoms with E-state index in [0.29, 0.717) is 11.7 Å². The number of nitrogens with zero attached hydrogens (tertiary/aromatic N) is 4. The Balaban J connectivity index is 1.55. The molecular formula is C13H19N5O. The lowest BCUT2D eigenvalue weighted by Gasteiger charge is -2.46. The van der Waals surface area contributed by atoms with Crippen molar-refractivity contribution in [2.24, 2.45) is 0 Å². The fourth-order valence-corrected chi connectivity index (χ4v) is 2.56. The van der Waals surface area contributed by atoms with Crippen LogP contribution >= 0.6 is 0 Å². The van der Waals surface area contributed by atoms with Gasteiger partial charge in [0, 0.05) is 51.5 Å². The van der Waals surface area contributed by atoms with Crippen LogP contribution in [0.2, 0.25) is 0 Å². The lowest BCUT2D eigenvalue weighted by Crippen LogP contribution is -2.63. The highest BCUT2D eigenvalue weighted by molar-refractivity contribution is 5.92. The predicted octanol–water partition coefficient (Wildman–Crippen LogP) is -0.485. The standard InChI is InChI=1S/C13H19N5O/c1-10-6-16-12(7-15-10)13(19)18-8-11(9-18)17-4-2-14-3-5-17/h6-7,11,14H,2-5,8-9H2,1H3. The summed E-state index contributed by atoms with van der Waals surface area (Å²) in [6, 6.07) is 0.518. The first kappa shape index (κ1) is 12.5. The molecule has 1 aromatic rings. The van der Waals surface area contributed by atoms with Gasteiger partial charge in [-0.1, -0.05) is 0 Å². The normalized spacial score (nSPS) is 21.2. The Kier molecular flexibility index (Phi) is 3.44. The Labute approximate surface area is 112 Å². The van der Waals surface area contributed by atoms with Gasteiger partial charge in [-0.3, -0.25) is 14.7 Å². The molecule has 1 N–H and O–H groups in total. The maximum absolute atomic E-state index is 12.2. The van der Waals surface area contributed by atoms with E-state index in [-0.39, 0.29) is 5.91 Å². The molecule has 0 atom stereocenters. The molecule has 2 aliphatic heterocycles. The lowest BCUT2D eigenvalue weighted by atomic mass is 10.1. The molecular weight excluding hydrogens is 242 g/mol. The highest BCUT2D eigenvalue weighted by Crippen LogP contribution is 2.17. The van der Waals surface area contributed by atoms with E-state index in [9.17, 15) is 4.79 Å². The van der Waals surface area contributed by atoms with E-state index in [1.807, 2.05) is 11.8 Å². The van der Waals surface area contributed by atoms with Gasteiger partial charge in [0.1, 0.15) is 5.69 Å². The third kappa shape index (κ3) is 2.59. The summed E-state index contributed by atoms with van der Waals surface area (Å²) in [6.07, 6.45) is 3.20. The summed E-state index contributed by atoms with van der Waals surface area (Å²) in [7, 11) is 0. The number of hydrogen-bond acceptors (Lipinski definition) is 5. The summed E-state index contributed by atoms with van der Waals surface area (Å²) in [6.45, 7) is 7.75. The summed E-state index contributed by atoms with van der Waals surface area (Å²) in [5.74, 6) is -0.00103. The minimum absolute atomic E-state index is 0.00103. The van der Waals surface area contributed by atoms with Gasteiger partial charge in [-0.25, -0.2) is 4.98 Å². The molecule has 2 aliphatic rings. The molecule has 3 rings (SSSR count). The zero-order valence-electron chi connectivity index (χ0n) is 11.2. The Bertz CT molecular complexity index is 449. The first-order valence-electron chi connectivity index (χ1n) is 6.77. The van der Waals surface area contributed by atoms with Crippen molar-refractivity contribution in [3.05, 3.63) is 23.8 Å². The van der Waals surface area contributed by atoms with E-state index in [1.54, 1.807) is 12.4 Å². The Hall–Kier alpha value is -1.53. The molecule has 1 amide bonds. The second kappa shape index (κ2) is 5.22. The molecule has 6 nitrogen and oxygen atoms in total. The summed E-state index contributed by atoms with van der Waals surface area (Å²) >= 11 is 0. The number of carbonyl (C=O) groups is 1. The molecule has 0 saturated carbocycles. The van der Waals surface area contributed by atoms with Crippen LogP contribution in [-0.2, 0) is 0 Å². The molecule has 2 fully saturated rings. The van der Waals surface area contributed by atoms with Gasteiger partial charge >= 0.3 is 0 Å². The molecule has 1 aromatic heterocycles. The van der Waals surface area contributed by atoms with Crippen LogP contribution in [0, 0.1) is 6.92 Å². The van der Waals surface area contributed by atoms with Gasteiger partial charge in [0.25, 0.3) is 5.91 Å². The van der Waals surface area contributed by atoms with Gasteiger partial charge in [0.2, 0.25) is 0 Å². The average Bonchev–Trinajstić information content (AvgIpc) is 2.39. The van der Waals surface area contributed by atoms with Gasteiger partial charge in [0.15, 0.2) is 0 Å². The molecule has 0 spiro atoms. The maximum atomic E-state index is 12.2. The number of rotatable bonds is 2. The quantitative estimate of drug-likeness (QED) is 0.779. The van der Waals surface area contributed by atoms with E-state index >= 15 is 0 Å². The zero-order chi connectivity index (χ0) is 13.2. The molecule has 0 aliphatic carbocycles. The minimum Gasteiger partial charge on any atom is -0.334 e. The molecule has 0 unspecified atom stereocenters. The zero-order valence-corrected chi connectivity index (χ0v) is 11.2. The fourth-order valence-electron chi connectivity index (χ4n) is 2.56. The van der Waals surface area contributed by atoms with Gasteiger partial charge in [-0.05, 0) is 6.92 Å². The number of aryl methyl sites for hydroxylation is 1. The summed E-state index contributed by atoms with van der Waals surface area (Å²) in [4.78, 5) is 24.7. The molecule has 0 aromatic carbocycles. The number of aromatic nitrogens is 2. The van der Waals surface area contributed by atoms with Crippen LogP contribution in [-0.4, -0.2) is 71.0 Å². The lowest BCUT2D eigenvalue weighted by molar-refractivity contribution is 0.0222. The van der Waals surface area contributed by atoms with E-state index in [1.165, 1.54) is 0 Å². The Morgan fingerprint density at radius 2 is 2.00 bits per heavy atom. The molecule has 19 heavy (non-hydrogen) atoms. The average molecular weight is 261 g/mol. The Morgan fingerprint density at radius 3 is 2.63 bits per heavy atom. The van der Waals surface area contributed by atoms with E-state index < -0.39 is 0 Å². The summed E-state index contributed by atoms with van der Waals surface area (Å²) in [5.41, 5.74) is 1.28. The number of carbonyl (C=O) groups excluding carboxylic acids is 1. The van der Waals surface area contributed by atoms with Gasteiger partial charge in [-0.2, -0.15) is 0 Å². The second-order valence-corrected chi connectivity index (χ2v) is 5.19. The van der Waals surface area contributed by atoms with Crippen molar-refractivity contribution in [1.29, 1.82) is 0 Å². The minimum atomic E-state index is -0.00103. The van der Waals surface area contributed by atoms with Crippen LogP contribution in [0.4, 0.5) is 0 Å². The molecule has 6 heteroatoms. The SMILES string of the molecule is Cc1cnc(C(=O)N2CC(N3CCNCC3)C2)cn1. The monoisotopic (exact) mass is 261 g/mol. The van der Waals surface area contributed by atoms with Crippen molar-refractivity contribution in [3.8, 4) is 0 Å². The van der Waals surface area contributed by atoms with Crippen molar-refractivity contribution in [2.45, 2.75) is 13.0 Å². The Morgan fingerprint density at radius 1 is 1.26 bits per heavy atom. The number of likely N-dealkylation sites (tertiary alicyclic amines) is 1. The number of nitrogens with one attached hydrogen (secondary N) is 1. The highest BCUT2D eigenvalue weighted by Gasteiger charge is 2.35. The van der Waals surface area contributed by atoms with E-state index in [0.717, 1.165) is 45.0 Å². The van der Waals surface area contributed by atoms with Gasteiger partial charge in [-0.15, -0.1) is 0 Å². The number of amides is 1. The van der Waals surface area contributed by atoms with Crippen LogP contribution in [0.5, 0.6) is 0 Å². The highest BCUT2D eigenvalue weighted by atomic mass is 16.2. The predicted molar refractivity (Wildman–Crippen MR) is 70.9 cm³/mol. The number of piperazine rings is 1. The molecule has 0 bridgehead atoms. The first-order chi connectivity index (χ1) is 9.24. The van der Waals surface area contributed by atoms with Gasteiger partial charge in [0.05, 0.1) is 11.9 Å². The fraction of sp³-hybridized carbons (Fsp3) is 0.615. The van der Waals surface area contributed by atoms with Crippen molar-refractivity contribution in [1.82, 2.24) is 25.1 Å². The van der Waals surface area contributed by atoms with Crippen LogP contribution < -0.4 is 5.32 Å². The van der Waals surface area contributed by atoms with E-state index in [4.69, 9.17) is 0 Å². The number of hydrogen-bond donors (Lipinski definition) is 1. The van der Waals surface area contributed by atoms with Crippen LogP contribution in [0.25, 0.3) is 0 Å². The van der Waals surface area contributed by atoms with Crippen molar-refractivity contribution < 1.29 is 4.79 Å². The van der Waals surface area contributed by atoms with E-state index in [2.05, 4.69) is 20.2 Å². The van der Waals surface area contributed by atoms with Crippen molar-refractivity contribution in [2.75, 3.05) is 39.3 Å². The third-order valence-electron chi connectivity index (χ3n) is 3.82. The van der Waals surface area contributed by atoms with Crippen LogP contribution in [0.3, 0.4) is 0 Å². The maximum Gasteiger partial charge on any atom is 0.274 e. The van der Waals surface area contributed by atoms with Crippen molar-refractivity contribution >= 4 is 5.91 Å². The topological polar surface area (TPSA) is 61.4 Å². The van der Waals surface area contributed by atoms with Crippen molar-refractivity contribution in [3.63, 3.8) is 0 Å². The molecule has 0 radical (unpaired) electrons. The first-order valence-corrected chi connectivity index (χ1v) is 6.77. The molecule has 102 valence electrons. The molecule has 3 heterocycles. The van der Waals surface area contributed by atoms with Crippen LogP contribution in [0.1, 0.15) is 16.2 Å². The molecule has 2 saturated heterocycles. The third-order valence-corrected chi connectivity index (χ3v) is 3.82. The smallest absolute Gasteiger partial charge is 0.274 e. The largest absolute Gasteiger partial charge is 0.334 e. The van der Waals surface area contributed by atoms with Gasteiger partial charge < -0.3 is 10.2 Å². The second-order valence-electron chi connectivity index (χ2n) is 5.19. The summed E-state index contributed by atoms with van der Waals surface area (Å²) in [5, 5.41) is 3.34.